The number of rotatable bonds is 3. The lowest BCUT2D eigenvalue weighted by Crippen LogP contribution is -2.52. The number of carbonyl (C=O) groups is 1. The molecule has 1 aliphatic carbocycles. The molecule has 1 N–H and O–H groups in total. The van der Waals surface area contributed by atoms with Crippen LogP contribution in [0, 0.1) is 11.3 Å². The highest BCUT2D eigenvalue weighted by Crippen LogP contribution is 2.48. The predicted octanol–water partition coefficient (Wildman–Crippen LogP) is 6.34. The number of aliphatic hydroxyl groups is 1. The molecule has 0 saturated carbocycles. The van der Waals surface area contributed by atoms with Gasteiger partial charge in [0.15, 0.2) is 0 Å². The van der Waals surface area contributed by atoms with E-state index in [1.165, 1.54) is 0 Å². The van der Waals surface area contributed by atoms with Crippen LogP contribution in [0.3, 0.4) is 0 Å². The molecule has 38 heavy (non-hydrogen) atoms. The maximum Gasteiger partial charge on any atom is 0.416 e. The van der Waals surface area contributed by atoms with Crippen LogP contribution in [0.1, 0.15) is 59.4 Å². The highest BCUT2D eigenvalue weighted by Gasteiger charge is 2.52. The Kier molecular flexibility index (Phi) is 5.73. The van der Waals surface area contributed by atoms with E-state index in [1.807, 2.05) is 42.5 Å². The molecule has 1 amide bonds. The summed E-state index contributed by atoms with van der Waals surface area (Å²) in [5.41, 5.74) is 1.89. The summed E-state index contributed by atoms with van der Waals surface area (Å²) >= 11 is 0. The van der Waals surface area contributed by atoms with Gasteiger partial charge < -0.3 is 14.7 Å². The third-order valence-corrected chi connectivity index (χ3v) is 8.28. The average molecular weight is 519 g/mol. The fourth-order valence-corrected chi connectivity index (χ4v) is 6.61. The lowest BCUT2D eigenvalue weighted by Gasteiger charge is -2.43. The molecule has 5 nitrogen and oxygen atoms in total. The van der Waals surface area contributed by atoms with E-state index < -0.39 is 35.5 Å². The summed E-state index contributed by atoms with van der Waals surface area (Å²) in [6, 6.07) is 20.1. The lowest BCUT2D eigenvalue weighted by atomic mass is 9.78. The van der Waals surface area contributed by atoms with Crippen LogP contribution in [-0.4, -0.2) is 34.8 Å². The number of hydrogen-bond acceptors (Lipinski definition) is 4. The molecule has 194 valence electrons. The first kappa shape index (κ1) is 24.5. The fourth-order valence-electron chi connectivity index (χ4n) is 6.61. The van der Waals surface area contributed by atoms with Gasteiger partial charge in [0, 0.05) is 36.4 Å². The number of benzene rings is 3. The second-order valence-corrected chi connectivity index (χ2v) is 10.4. The fraction of sp³-hybridized carbons (Fsp3) is 0.333. The summed E-state index contributed by atoms with van der Waals surface area (Å²) in [6.07, 6.45) is -3.77. The molecule has 2 heterocycles. The van der Waals surface area contributed by atoms with Crippen molar-refractivity contribution in [1.29, 1.82) is 5.26 Å². The number of ether oxygens (including phenoxy) is 1. The molecule has 3 aliphatic rings. The van der Waals surface area contributed by atoms with Gasteiger partial charge >= 0.3 is 12.3 Å². The van der Waals surface area contributed by atoms with Crippen molar-refractivity contribution in [1.82, 2.24) is 4.90 Å². The minimum Gasteiger partial charge on any atom is -0.448 e. The third-order valence-electron chi connectivity index (χ3n) is 8.28. The monoisotopic (exact) mass is 518 g/mol. The Bertz CT molecular complexity index is 1400. The van der Waals surface area contributed by atoms with Gasteiger partial charge in [0.2, 0.25) is 0 Å². The van der Waals surface area contributed by atoms with Gasteiger partial charge in [0.1, 0.15) is 6.61 Å². The molecule has 8 heteroatoms. The van der Waals surface area contributed by atoms with E-state index in [0.29, 0.717) is 12.8 Å². The van der Waals surface area contributed by atoms with Crippen LogP contribution in [0.2, 0.25) is 0 Å². The summed E-state index contributed by atoms with van der Waals surface area (Å²) in [7, 11) is 0. The number of hydrogen-bond donors (Lipinski definition) is 1. The standard InChI is InChI=1S/C30H25F3N2O3/c31-30(32,33)19-10-9-18(16-34)27(13-19)29(37)14-20-11-12-21(15-29)35(20)28(36)38-17-26-24-7-3-1-5-22(24)23-6-2-4-8-25(23)26/h1-10,13,20-21,26,37H,11-12,14-15,17H2. The number of amides is 1. The van der Waals surface area contributed by atoms with E-state index in [1.54, 1.807) is 4.90 Å². The van der Waals surface area contributed by atoms with Crippen molar-refractivity contribution in [3.8, 4) is 17.2 Å². The predicted molar refractivity (Wildman–Crippen MR) is 133 cm³/mol. The van der Waals surface area contributed by atoms with Crippen molar-refractivity contribution in [2.75, 3.05) is 6.61 Å². The van der Waals surface area contributed by atoms with Gasteiger partial charge in [-0.15, -0.1) is 0 Å². The first-order valence-corrected chi connectivity index (χ1v) is 12.7. The van der Waals surface area contributed by atoms with Crippen LogP contribution in [0.5, 0.6) is 0 Å². The number of alkyl halides is 3. The van der Waals surface area contributed by atoms with Crippen molar-refractivity contribution >= 4 is 6.09 Å². The molecule has 2 bridgehead atoms. The maximum absolute atomic E-state index is 13.4. The van der Waals surface area contributed by atoms with Crippen molar-refractivity contribution in [3.05, 3.63) is 94.5 Å². The topological polar surface area (TPSA) is 73.6 Å². The number of fused-ring (bicyclic) bond motifs is 5. The van der Waals surface area contributed by atoms with Crippen molar-refractivity contribution in [3.63, 3.8) is 0 Å². The molecular formula is C30H25F3N2O3. The number of carbonyl (C=O) groups excluding carboxylic acids is 1. The molecule has 3 aromatic carbocycles. The molecule has 2 saturated heterocycles. The largest absolute Gasteiger partial charge is 0.448 e. The zero-order chi connectivity index (χ0) is 26.7. The zero-order valence-electron chi connectivity index (χ0n) is 20.4. The molecule has 2 unspecified atom stereocenters. The minimum atomic E-state index is -4.60. The van der Waals surface area contributed by atoms with Crippen LogP contribution in [0.4, 0.5) is 18.0 Å². The van der Waals surface area contributed by atoms with E-state index >= 15 is 0 Å². The molecule has 2 fully saturated rings. The van der Waals surface area contributed by atoms with Crippen molar-refractivity contribution in [2.45, 2.75) is 55.5 Å². The Labute approximate surface area is 218 Å². The first-order chi connectivity index (χ1) is 18.2. The van der Waals surface area contributed by atoms with Gasteiger partial charge in [0.05, 0.1) is 22.8 Å². The molecule has 0 radical (unpaired) electrons. The molecule has 2 aliphatic heterocycles. The number of nitriles is 1. The number of nitrogens with zero attached hydrogens (tertiary/aromatic N) is 2. The van der Waals surface area contributed by atoms with E-state index in [-0.39, 0.29) is 36.5 Å². The minimum absolute atomic E-state index is 0.00879. The highest BCUT2D eigenvalue weighted by atomic mass is 19.4. The van der Waals surface area contributed by atoms with Gasteiger partial charge in [-0.3, -0.25) is 0 Å². The zero-order valence-corrected chi connectivity index (χ0v) is 20.4. The van der Waals surface area contributed by atoms with E-state index in [2.05, 4.69) is 12.1 Å². The quantitative estimate of drug-likeness (QED) is 0.439. The van der Waals surface area contributed by atoms with Crippen molar-refractivity contribution in [2.24, 2.45) is 0 Å². The van der Waals surface area contributed by atoms with Gasteiger partial charge in [-0.1, -0.05) is 48.5 Å². The van der Waals surface area contributed by atoms with Crippen LogP contribution >= 0.6 is 0 Å². The summed E-state index contributed by atoms with van der Waals surface area (Å²) in [5, 5.41) is 21.1. The van der Waals surface area contributed by atoms with E-state index in [9.17, 15) is 28.3 Å². The van der Waals surface area contributed by atoms with Crippen LogP contribution in [0.15, 0.2) is 66.7 Å². The molecule has 0 aromatic heterocycles. The highest BCUT2D eigenvalue weighted by molar-refractivity contribution is 5.79. The van der Waals surface area contributed by atoms with E-state index in [4.69, 9.17) is 4.74 Å². The SMILES string of the molecule is N#Cc1ccc(C(F)(F)F)cc1C1(O)CC2CCC(C1)N2C(=O)OCC1c2ccccc2-c2ccccc21. The molecule has 6 rings (SSSR count). The Morgan fingerprint density at radius 1 is 1.00 bits per heavy atom. The summed E-state index contributed by atoms with van der Waals surface area (Å²) < 4.78 is 46.0. The second kappa shape index (κ2) is 8.88. The average Bonchev–Trinajstić information content (AvgIpc) is 3.38. The summed E-state index contributed by atoms with van der Waals surface area (Å²) in [5.74, 6) is -0.0889. The smallest absolute Gasteiger partial charge is 0.416 e. The number of halogens is 3. The van der Waals surface area contributed by atoms with Crippen molar-refractivity contribution < 1.29 is 27.8 Å². The van der Waals surface area contributed by atoms with Gasteiger partial charge in [0.25, 0.3) is 0 Å². The summed E-state index contributed by atoms with van der Waals surface area (Å²) in [4.78, 5) is 15.0. The van der Waals surface area contributed by atoms with Gasteiger partial charge in [-0.05, 0) is 53.3 Å². The third kappa shape index (κ3) is 3.93. The Hall–Kier alpha value is -3.83. The summed E-state index contributed by atoms with van der Waals surface area (Å²) in [6.45, 7) is 0.166. The van der Waals surface area contributed by atoms with Crippen LogP contribution in [0.25, 0.3) is 11.1 Å². The Morgan fingerprint density at radius 3 is 2.13 bits per heavy atom. The second-order valence-electron chi connectivity index (χ2n) is 10.4. The Balaban J connectivity index is 1.21. The molecule has 0 spiro atoms. The van der Waals surface area contributed by atoms with Crippen LogP contribution < -0.4 is 0 Å². The normalized spacial score (nSPS) is 24.0. The van der Waals surface area contributed by atoms with Gasteiger partial charge in [-0.2, -0.15) is 18.4 Å². The molecule has 3 aromatic rings. The lowest BCUT2D eigenvalue weighted by molar-refractivity contribution is -0.137. The molecular weight excluding hydrogens is 493 g/mol. The van der Waals surface area contributed by atoms with E-state index in [0.717, 1.165) is 40.5 Å². The maximum atomic E-state index is 13.4. The number of piperidine rings is 1. The van der Waals surface area contributed by atoms with Gasteiger partial charge in [-0.25, -0.2) is 4.79 Å². The molecule has 2 atom stereocenters. The van der Waals surface area contributed by atoms with Crippen LogP contribution in [-0.2, 0) is 16.5 Å². The first-order valence-electron chi connectivity index (χ1n) is 12.7. The Morgan fingerprint density at radius 2 is 1.58 bits per heavy atom.